The minimum atomic E-state index is -0.560. The zero-order valence-corrected chi connectivity index (χ0v) is 24.6. The molecular formula is C33H40ClNO6. The van der Waals surface area contributed by atoms with Gasteiger partial charge < -0.3 is 14.2 Å². The SMILES string of the molecule is COc1cc(C(=O)OCCCCc2cccc(C3(C(=O)O[C@H]4CN5CCC4CC5)CCCCC3)c2)c(Cl)cc1C=O. The van der Waals surface area contributed by atoms with Crippen LogP contribution in [-0.4, -0.2) is 62.6 Å². The molecule has 3 saturated heterocycles. The predicted molar refractivity (Wildman–Crippen MR) is 157 cm³/mol. The molecule has 7 nitrogen and oxygen atoms in total. The van der Waals surface area contributed by atoms with Crippen molar-refractivity contribution in [3.63, 3.8) is 0 Å². The van der Waals surface area contributed by atoms with E-state index in [0.29, 0.717) is 18.6 Å². The monoisotopic (exact) mass is 581 g/mol. The summed E-state index contributed by atoms with van der Waals surface area (Å²) < 4.78 is 16.9. The molecule has 6 rings (SSSR count). The quantitative estimate of drug-likeness (QED) is 0.178. The molecule has 0 aromatic heterocycles. The molecule has 1 atom stereocenters. The van der Waals surface area contributed by atoms with E-state index in [4.69, 9.17) is 25.8 Å². The largest absolute Gasteiger partial charge is 0.496 e. The lowest BCUT2D eigenvalue weighted by molar-refractivity contribution is -0.167. The number of aldehydes is 1. The van der Waals surface area contributed by atoms with Crippen molar-refractivity contribution >= 4 is 29.8 Å². The van der Waals surface area contributed by atoms with Crippen LogP contribution in [0.4, 0.5) is 0 Å². The maximum absolute atomic E-state index is 13.8. The summed E-state index contributed by atoms with van der Waals surface area (Å²) in [4.78, 5) is 40.0. The van der Waals surface area contributed by atoms with Crippen LogP contribution in [0, 0.1) is 5.92 Å². The Bertz CT molecular complexity index is 1250. The molecular weight excluding hydrogens is 542 g/mol. The lowest BCUT2D eigenvalue weighted by Crippen LogP contribution is -2.53. The van der Waals surface area contributed by atoms with Crippen LogP contribution in [0.15, 0.2) is 36.4 Å². The number of aryl methyl sites for hydroxylation is 1. The molecule has 1 saturated carbocycles. The number of esters is 2. The Morgan fingerprint density at radius 2 is 1.85 bits per heavy atom. The van der Waals surface area contributed by atoms with E-state index >= 15 is 0 Å². The first kappa shape index (κ1) is 29.6. The van der Waals surface area contributed by atoms with E-state index in [2.05, 4.69) is 29.2 Å². The van der Waals surface area contributed by atoms with Gasteiger partial charge in [-0.15, -0.1) is 0 Å². The summed E-state index contributed by atoms with van der Waals surface area (Å²) in [7, 11) is 1.43. The van der Waals surface area contributed by atoms with Gasteiger partial charge in [0.1, 0.15) is 11.9 Å². The Morgan fingerprint density at radius 1 is 1.07 bits per heavy atom. The average Bonchev–Trinajstić information content (AvgIpc) is 3.01. The van der Waals surface area contributed by atoms with Gasteiger partial charge in [0.2, 0.25) is 0 Å². The second kappa shape index (κ2) is 13.4. The number of nitrogens with zero attached hydrogens (tertiary/aromatic N) is 1. The van der Waals surface area contributed by atoms with Crippen LogP contribution < -0.4 is 4.74 Å². The summed E-state index contributed by atoms with van der Waals surface area (Å²) >= 11 is 6.19. The fourth-order valence-corrected chi connectivity index (χ4v) is 7.00. The number of carbonyl (C=O) groups is 3. The van der Waals surface area contributed by atoms with Crippen molar-refractivity contribution in [2.75, 3.05) is 33.4 Å². The molecule has 0 spiro atoms. The summed E-state index contributed by atoms with van der Waals surface area (Å²) in [6.45, 7) is 3.38. The first-order valence-electron chi connectivity index (χ1n) is 15.0. The van der Waals surface area contributed by atoms with Crippen LogP contribution in [0.25, 0.3) is 0 Å². The van der Waals surface area contributed by atoms with Crippen molar-refractivity contribution in [1.82, 2.24) is 4.90 Å². The summed E-state index contributed by atoms with van der Waals surface area (Å²) in [5.41, 5.74) is 2.14. The molecule has 1 aliphatic carbocycles. The third-order valence-electron chi connectivity index (χ3n) is 9.19. The van der Waals surface area contributed by atoms with Gasteiger partial charge in [-0.2, -0.15) is 0 Å². The van der Waals surface area contributed by atoms with Crippen molar-refractivity contribution in [2.24, 2.45) is 5.92 Å². The van der Waals surface area contributed by atoms with Gasteiger partial charge in [-0.05, 0) is 87.2 Å². The van der Waals surface area contributed by atoms with Gasteiger partial charge in [0.25, 0.3) is 0 Å². The van der Waals surface area contributed by atoms with Crippen molar-refractivity contribution < 1.29 is 28.6 Å². The minimum Gasteiger partial charge on any atom is -0.496 e. The maximum atomic E-state index is 13.8. The number of halogens is 1. The summed E-state index contributed by atoms with van der Waals surface area (Å²) in [6.07, 6.45) is 10.2. The molecule has 4 fully saturated rings. The highest BCUT2D eigenvalue weighted by Crippen LogP contribution is 2.42. The number of hydrogen-bond donors (Lipinski definition) is 0. The van der Waals surface area contributed by atoms with Crippen LogP contribution >= 0.6 is 11.6 Å². The maximum Gasteiger partial charge on any atom is 0.339 e. The smallest absolute Gasteiger partial charge is 0.339 e. The normalized spacial score (nSPS) is 23.0. The number of methoxy groups -OCH3 is 1. The average molecular weight is 582 g/mol. The number of hydrogen-bond acceptors (Lipinski definition) is 7. The Hall–Kier alpha value is -2.90. The van der Waals surface area contributed by atoms with E-state index < -0.39 is 11.4 Å². The third-order valence-corrected chi connectivity index (χ3v) is 9.50. The van der Waals surface area contributed by atoms with E-state index in [1.54, 1.807) is 0 Å². The van der Waals surface area contributed by atoms with Gasteiger partial charge in [-0.3, -0.25) is 14.5 Å². The first-order valence-corrected chi connectivity index (χ1v) is 15.3. The second-order valence-electron chi connectivity index (χ2n) is 11.7. The topological polar surface area (TPSA) is 82.1 Å². The molecule has 3 heterocycles. The lowest BCUT2D eigenvalue weighted by atomic mass is 9.69. The van der Waals surface area contributed by atoms with E-state index in [-0.39, 0.29) is 40.6 Å². The summed E-state index contributed by atoms with van der Waals surface area (Å²) in [5.74, 6) is 0.198. The molecule has 4 aliphatic rings. The number of unbranched alkanes of at least 4 members (excludes halogenated alkanes) is 1. The van der Waals surface area contributed by atoms with Crippen molar-refractivity contribution in [2.45, 2.75) is 75.7 Å². The van der Waals surface area contributed by atoms with Crippen LogP contribution in [0.1, 0.15) is 89.6 Å². The first-order chi connectivity index (χ1) is 19.9. The molecule has 3 aliphatic heterocycles. The van der Waals surface area contributed by atoms with E-state index in [1.165, 1.54) is 24.8 Å². The number of benzene rings is 2. The van der Waals surface area contributed by atoms with Gasteiger partial charge in [0, 0.05) is 6.54 Å². The second-order valence-corrected chi connectivity index (χ2v) is 12.1. The fraction of sp³-hybridized carbons (Fsp3) is 0.545. The van der Waals surface area contributed by atoms with Crippen molar-refractivity contribution in [1.29, 1.82) is 0 Å². The van der Waals surface area contributed by atoms with Gasteiger partial charge in [0.05, 0.1) is 35.3 Å². The number of carbonyl (C=O) groups excluding carboxylic acids is 3. The molecule has 220 valence electrons. The molecule has 2 bridgehead atoms. The Labute approximate surface area is 247 Å². The van der Waals surface area contributed by atoms with Crippen LogP contribution in [0.5, 0.6) is 5.75 Å². The highest BCUT2D eigenvalue weighted by atomic mass is 35.5. The molecule has 2 aromatic rings. The van der Waals surface area contributed by atoms with Crippen molar-refractivity contribution in [3.05, 3.63) is 63.7 Å². The van der Waals surface area contributed by atoms with Gasteiger partial charge in [-0.25, -0.2) is 4.79 Å². The molecule has 0 radical (unpaired) electrons. The fourth-order valence-electron chi connectivity index (χ4n) is 6.75. The van der Waals surface area contributed by atoms with Gasteiger partial charge >= 0.3 is 11.9 Å². The Balaban J connectivity index is 1.17. The standard InChI is InChI=1S/C33H40ClNO6/c1-39-29-20-27(28(34)19-25(29)22-36)31(37)40-17-6-3-8-23-9-7-10-26(18-23)33(13-4-2-5-14-33)32(38)41-30-21-35-15-11-24(30)12-16-35/h7,9-10,18-20,22,24,30H,2-6,8,11-17,21H2,1H3/t30-/m0/s1. The van der Waals surface area contributed by atoms with E-state index in [1.807, 2.05) is 0 Å². The highest BCUT2D eigenvalue weighted by molar-refractivity contribution is 6.34. The minimum absolute atomic E-state index is 0.0219. The van der Waals surface area contributed by atoms with Gasteiger partial charge in [0.15, 0.2) is 6.29 Å². The molecule has 0 amide bonds. The lowest BCUT2D eigenvalue weighted by Gasteiger charge is -2.45. The highest BCUT2D eigenvalue weighted by Gasteiger charge is 2.45. The number of ether oxygens (including phenoxy) is 3. The Morgan fingerprint density at radius 3 is 2.54 bits per heavy atom. The molecule has 0 N–H and O–H groups in total. The van der Waals surface area contributed by atoms with E-state index in [9.17, 15) is 14.4 Å². The van der Waals surface area contributed by atoms with Crippen molar-refractivity contribution in [3.8, 4) is 5.75 Å². The summed E-state index contributed by atoms with van der Waals surface area (Å²) in [5, 5.41) is 0.151. The zero-order valence-electron chi connectivity index (χ0n) is 23.9. The number of piperidine rings is 3. The molecule has 8 heteroatoms. The third kappa shape index (κ3) is 6.62. The van der Waals surface area contributed by atoms with Crippen LogP contribution in [0.2, 0.25) is 5.02 Å². The molecule has 2 aromatic carbocycles. The van der Waals surface area contributed by atoms with Gasteiger partial charge in [-0.1, -0.05) is 55.1 Å². The van der Waals surface area contributed by atoms with Crippen LogP contribution in [0.3, 0.4) is 0 Å². The molecule has 0 unspecified atom stereocenters. The predicted octanol–water partition coefficient (Wildman–Crippen LogP) is 6.18. The number of rotatable bonds is 11. The van der Waals surface area contributed by atoms with E-state index in [0.717, 1.165) is 83.0 Å². The Kier molecular flexibility index (Phi) is 9.66. The number of fused-ring (bicyclic) bond motifs is 3. The summed E-state index contributed by atoms with van der Waals surface area (Å²) in [6, 6.07) is 11.3. The molecule has 41 heavy (non-hydrogen) atoms. The van der Waals surface area contributed by atoms with Crippen LogP contribution in [-0.2, 0) is 26.1 Å². The zero-order chi connectivity index (χ0) is 28.8.